The lowest BCUT2D eigenvalue weighted by molar-refractivity contribution is -0.113. The molecule has 1 atom stereocenters. The van der Waals surface area contributed by atoms with Crippen LogP contribution in [0.2, 0.25) is 5.02 Å². The molecule has 0 bridgehead atoms. The van der Waals surface area contributed by atoms with E-state index in [1.54, 1.807) is 27.1 Å². The van der Waals surface area contributed by atoms with E-state index < -0.39 is 0 Å². The topological polar surface area (TPSA) is 102 Å². The molecule has 0 fully saturated rings. The van der Waals surface area contributed by atoms with Crippen LogP contribution in [0.3, 0.4) is 0 Å². The number of thioether (sulfide) groups is 1. The molecule has 9 nitrogen and oxygen atoms in total. The third-order valence-corrected chi connectivity index (χ3v) is 7.10. The van der Waals surface area contributed by atoms with Crippen molar-refractivity contribution in [3.63, 3.8) is 0 Å². The van der Waals surface area contributed by atoms with Crippen molar-refractivity contribution >= 4 is 51.6 Å². The number of aromatic nitrogens is 4. The molecule has 1 N–H and O–H groups in total. The van der Waals surface area contributed by atoms with Gasteiger partial charge in [-0.15, -0.1) is 10.2 Å². The number of aryl methyl sites for hydroxylation is 2. The molecule has 0 aliphatic rings. The number of nitrogens with zero attached hydrogens (tertiary/aromatic N) is 5. The summed E-state index contributed by atoms with van der Waals surface area (Å²) in [5, 5.41) is 13.0. The first-order valence-electron chi connectivity index (χ1n) is 10.6. The number of anilines is 1. The standard InChI is InChI=1S/C22H27ClN6O3S2/c1-7-29-19(14(4)32-16-9-8-15(23)10-12(16)2)26-27-22(29)33-11-17(30)25-21-24-13(3)18(34-21)20(31)28(5)6/h8-10,14H,7,11H2,1-6H3,(H,24,25,30). The third kappa shape index (κ3) is 6.08. The number of nitrogens with one attached hydrogen (secondary N) is 1. The van der Waals surface area contributed by atoms with Crippen LogP contribution < -0.4 is 10.1 Å². The molecule has 1 aromatic carbocycles. The van der Waals surface area contributed by atoms with E-state index in [0.717, 1.165) is 22.6 Å². The molecule has 34 heavy (non-hydrogen) atoms. The normalized spacial score (nSPS) is 11.9. The fourth-order valence-corrected chi connectivity index (χ4v) is 5.17. The molecular formula is C22H27ClN6O3S2. The Bertz CT molecular complexity index is 1190. The summed E-state index contributed by atoms with van der Waals surface area (Å²) < 4.78 is 8.01. The highest BCUT2D eigenvalue weighted by Gasteiger charge is 2.21. The van der Waals surface area contributed by atoms with Gasteiger partial charge in [-0.25, -0.2) is 4.98 Å². The zero-order valence-corrected chi connectivity index (χ0v) is 22.3. The molecule has 0 spiro atoms. The Morgan fingerprint density at radius 1 is 1.29 bits per heavy atom. The van der Waals surface area contributed by atoms with Gasteiger partial charge in [-0.2, -0.15) is 0 Å². The Hall–Kier alpha value is -2.63. The van der Waals surface area contributed by atoms with Gasteiger partial charge >= 0.3 is 0 Å². The smallest absolute Gasteiger partial charge is 0.265 e. The van der Waals surface area contributed by atoms with Crippen LogP contribution in [0.4, 0.5) is 5.13 Å². The zero-order chi connectivity index (χ0) is 25.0. The summed E-state index contributed by atoms with van der Waals surface area (Å²) in [6.07, 6.45) is -0.346. The second-order valence-corrected chi connectivity index (χ2v) is 10.1. The van der Waals surface area contributed by atoms with Gasteiger partial charge in [0.05, 0.1) is 11.4 Å². The van der Waals surface area contributed by atoms with Gasteiger partial charge in [-0.1, -0.05) is 34.7 Å². The molecule has 1 unspecified atom stereocenters. The van der Waals surface area contributed by atoms with E-state index in [1.165, 1.54) is 16.7 Å². The maximum absolute atomic E-state index is 12.5. The lowest BCUT2D eigenvalue weighted by Crippen LogP contribution is -2.21. The average Bonchev–Trinajstić information content (AvgIpc) is 3.36. The number of thiazole rings is 1. The highest BCUT2D eigenvalue weighted by Crippen LogP contribution is 2.29. The molecule has 182 valence electrons. The quantitative estimate of drug-likeness (QED) is 0.410. The minimum atomic E-state index is -0.346. The van der Waals surface area contributed by atoms with Crippen LogP contribution in [-0.4, -0.2) is 56.3 Å². The van der Waals surface area contributed by atoms with Gasteiger partial charge in [0.2, 0.25) is 5.91 Å². The van der Waals surface area contributed by atoms with Gasteiger partial charge in [0.25, 0.3) is 5.91 Å². The number of carbonyl (C=O) groups excluding carboxylic acids is 2. The molecule has 12 heteroatoms. The molecule has 0 saturated heterocycles. The lowest BCUT2D eigenvalue weighted by Gasteiger charge is -2.17. The van der Waals surface area contributed by atoms with Crippen LogP contribution in [0.25, 0.3) is 0 Å². The highest BCUT2D eigenvalue weighted by molar-refractivity contribution is 7.99. The molecule has 3 aromatic rings. The SMILES string of the molecule is CCn1c(SCC(=O)Nc2nc(C)c(C(=O)N(C)C)s2)nnc1C(C)Oc1ccc(Cl)cc1C. The summed E-state index contributed by atoms with van der Waals surface area (Å²) >= 11 is 8.47. The molecule has 3 rings (SSSR count). The zero-order valence-electron chi connectivity index (χ0n) is 19.9. The minimum Gasteiger partial charge on any atom is -0.482 e. The second-order valence-electron chi connectivity index (χ2n) is 7.72. The highest BCUT2D eigenvalue weighted by atomic mass is 35.5. The van der Waals surface area contributed by atoms with Gasteiger partial charge in [-0.3, -0.25) is 9.59 Å². The van der Waals surface area contributed by atoms with Gasteiger partial charge in [0, 0.05) is 25.7 Å². The van der Waals surface area contributed by atoms with Crippen LogP contribution >= 0.6 is 34.7 Å². The van der Waals surface area contributed by atoms with Crippen molar-refractivity contribution < 1.29 is 14.3 Å². The summed E-state index contributed by atoms with van der Waals surface area (Å²) in [7, 11) is 3.36. The first-order chi connectivity index (χ1) is 16.1. The van der Waals surface area contributed by atoms with Gasteiger partial charge in [0.1, 0.15) is 10.6 Å². The first-order valence-corrected chi connectivity index (χ1v) is 12.8. The van der Waals surface area contributed by atoms with E-state index in [1.807, 2.05) is 37.5 Å². The molecule has 2 heterocycles. The molecule has 0 radical (unpaired) electrons. The van der Waals surface area contributed by atoms with Crippen molar-refractivity contribution in [2.45, 2.75) is 45.5 Å². The van der Waals surface area contributed by atoms with Crippen molar-refractivity contribution in [1.82, 2.24) is 24.6 Å². The first kappa shape index (κ1) is 26.0. The Labute approximate surface area is 211 Å². The van der Waals surface area contributed by atoms with Crippen molar-refractivity contribution in [3.8, 4) is 5.75 Å². The van der Waals surface area contributed by atoms with Crippen molar-refractivity contribution in [2.24, 2.45) is 0 Å². The van der Waals surface area contributed by atoms with E-state index in [-0.39, 0.29) is 23.7 Å². The van der Waals surface area contributed by atoms with Gasteiger partial charge in [-0.05, 0) is 51.5 Å². The number of hydrogen-bond acceptors (Lipinski definition) is 8. The molecular weight excluding hydrogens is 496 g/mol. The molecule has 0 aliphatic carbocycles. The Morgan fingerprint density at radius 2 is 2.03 bits per heavy atom. The van der Waals surface area contributed by atoms with Crippen LogP contribution in [0.15, 0.2) is 23.4 Å². The number of carbonyl (C=O) groups is 2. The van der Waals surface area contributed by atoms with Crippen LogP contribution in [0, 0.1) is 13.8 Å². The van der Waals surface area contributed by atoms with E-state index in [9.17, 15) is 9.59 Å². The Balaban J connectivity index is 1.64. The second kappa shape index (κ2) is 11.2. The van der Waals surface area contributed by atoms with Crippen molar-refractivity contribution in [3.05, 3.63) is 45.2 Å². The summed E-state index contributed by atoms with van der Waals surface area (Å²) in [6.45, 7) is 8.20. The molecule has 2 amide bonds. The summed E-state index contributed by atoms with van der Waals surface area (Å²) in [4.78, 5) is 31.0. The lowest BCUT2D eigenvalue weighted by atomic mass is 10.2. The van der Waals surface area contributed by atoms with Crippen LogP contribution in [0.1, 0.15) is 46.7 Å². The van der Waals surface area contributed by atoms with E-state index in [2.05, 4.69) is 20.5 Å². The number of benzene rings is 1. The van der Waals surface area contributed by atoms with E-state index in [4.69, 9.17) is 16.3 Å². The number of ether oxygens (including phenoxy) is 1. The summed E-state index contributed by atoms with van der Waals surface area (Å²) in [5.41, 5.74) is 1.52. The largest absolute Gasteiger partial charge is 0.482 e. The number of halogens is 1. The molecule has 2 aromatic heterocycles. The third-order valence-electron chi connectivity index (χ3n) is 4.84. The van der Waals surface area contributed by atoms with Crippen LogP contribution in [-0.2, 0) is 11.3 Å². The maximum Gasteiger partial charge on any atom is 0.265 e. The van der Waals surface area contributed by atoms with Crippen LogP contribution in [0.5, 0.6) is 5.75 Å². The van der Waals surface area contributed by atoms with E-state index in [0.29, 0.717) is 38.3 Å². The Morgan fingerprint density at radius 3 is 2.68 bits per heavy atom. The summed E-state index contributed by atoms with van der Waals surface area (Å²) in [6, 6.07) is 5.46. The molecule has 0 aliphatic heterocycles. The van der Waals surface area contributed by atoms with Gasteiger partial charge < -0.3 is 19.5 Å². The maximum atomic E-state index is 12.5. The van der Waals surface area contributed by atoms with E-state index >= 15 is 0 Å². The fraction of sp³-hybridized carbons (Fsp3) is 0.409. The predicted octanol–water partition coefficient (Wildman–Crippen LogP) is 4.60. The molecule has 0 saturated carbocycles. The monoisotopic (exact) mass is 522 g/mol. The van der Waals surface area contributed by atoms with Crippen molar-refractivity contribution in [2.75, 3.05) is 25.2 Å². The predicted molar refractivity (Wildman–Crippen MR) is 135 cm³/mol. The number of hydrogen-bond donors (Lipinski definition) is 1. The Kier molecular flexibility index (Phi) is 8.56. The van der Waals surface area contributed by atoms with Crippen molar-refractivity contribution in [1.29, 1.82) is 0 Å². The summed E-state index contributed by atoms with van der Waals surface area (Å²) in [5.74, 6) is 1.14. The number of rotatable bonds is 9. The van der Waals surface area contributed by atoms with Gasteiger partial charge in [0.15, 0.2) is 22.2 Å². The fourth-order valence-electron chi connectivity index (χ4n) is 3.13. The average molecular weight is 523 g/mol. The number of amides is 2. The minimum absolute atomic E-state index is 0.124.